The van der Waals surface area contributed by atoms with Crippen molar-refractivity contribution < 1.29 is 27.4 Å². The molecule has 0 aromatic heterocycles. The molecule has 0 atom stereocenters. The van der Waals surface area contributed by atoms with E-state index in [2.05, 4.69) is 0 Å². The second-order valence-electron chi connectivity index (χ2n) is 5.40. The van der Waals surface area contributed by atoms with Gasteiger partial charge in [-0.1, -0.05) is 0 Å². The summed E-state index contributed by atoms with van der Waals surface area (Å²) in [4.78, 5) is 11.7. The number of benzene rings is 1. The molecule has 0 aliphatic heterocycles. The number of hydrogen-bond acceptors (Lipinski definition) is 4. The number of alkyl halides is 3. The smallest absolute Gasteiger partial charge is 0.416 e. The number of hydrogen-bond donors (Lipinski definition) is 1. The number of carbonyl (C=O) groups excluding carboxylic acids is 1. The Bertz CT molecular complexity index is 507. The zero-order valence-electron chi connectivity index (χ0n) is 12.1. The molecule has 0 bridgehead atoms. The minimum atomic E-state index is -4.50. The van der Waals surface area contributed by atoms with Crippen molar-refractivity contribution in [3.63, 3.8) is 0 Å². The number of carbonyl (C=O) groups is 1. The van der Waals surface area contributed by atoms with Crippen LogP contribution in [0.4, 0.5) is 18.9 Å². The average molecular weight is 305 g/mol. The maximum atomic E-state index is 12.5. The van der Waals surface area contributed by atoms with Crippen LogP contribution in [0.25, 0.3) is 0 Å². The van der Waals surface area contributed by atoms with Crippen molar-refractivity contribution in [2.75, 3.05) is 18.9 Å². The first-order valence-corrected chi connectivity index (χ1v) is 6.28. The topological polar surface area (TPSA) is 61.5 Å². The molecule has 1 rings (SSSR count). The average Bonchev–Trinajstić information content (AvgIpc) is 2.32. The molecular weight excluding hydrogens is 287 g/mol. The number of nitrogen functional groups attached to an aromatic ring is 1. The highest BCUT2D eigenvalue weighted by molar-refractivity contribution is 5.95. The molecule has 0 heterocycles. The van der Waals surface area contributed by atoms with Crippen LogP contribution in [0.2, 0.25) is 0 Å². The van der Waals surface area contributed by atoms with E-state index in [1.54, 1.807) is 0 Å². The number of ether oxygens (including phenoxy) is 2. The minimum Gasteiger partial charge on any atom is -0.460 e. The lowest BCUT2D eigenvalue weighted by molar-refractivity contribution is -0.137. The fourth-order valence-corrected chi connectivity index (χ4v) is 1.48. The second kappa shape index (κ2) is 6.34. The predicted octanol–water partition coefficient (Wildman–Crippen LogP) is 3.26. The molecule has 1 aromatic carbocycles. The van der Waals surface area contributed by atoms with E-state index < -0.39 is 17.7 Å². The second-order valence-corrected chi connectivity index (χ2v) is 5.40. The van der Waals surface area contributed by atoms with E-state index in [1.165, 1.54) is 0 Å². The van der Waals surface area contributed by atoms with Crippen molar-refractivity contribution in [1.29, 1.82) is 0 Å². The lowest BCUT2D eigenvalue weighted by Crippen LogP contribution is -2.23. The lowest BCUT2D eigenvalue weighted by Gasteiger charge is -2.19. The molecule has 0 fully saturated rings. The van der Waals surface area contributed by atoms with E-state index in [0.29, 0.717) is 6.07 Å². The van der Waals surface area contributed by atoms with Gasteiger partial charge in [0, 0.05) is 5.69 Å². The van der Waals surface area contributed by atoms with Gasteiger partial charge in [0.1, 0.15) is 6.61 Å². The molecule has 118 valence electrons. The van der Waals surface area contributed by atoms with Crippen LogP contribution >= 0.6 is 0 Å². The zero-order chi connectivity index (χ0) is 16.3. The van der Waals surface area contributed by atoms with Crippen LogP contribution in [0.5, 0.6) is 0 Å². The molecule has 0 radical (unpaired) electrons. The Balaban J connectivity index is 2.63. The Hall–Kier alpha value is -1.76. The van der Waals surface area contributed by atoms with Crippen molar-refractivity contribution in [3.8, 4) is 0 Å². The van der Waals surface area contributed by atoms with Gasteiger partial charge < -0.3 is 15.2 Å². The van der Waals surface area contributed by atoms with Crippen molar-refractivity contribution in [2.45, 2.75) is 32.5 Å². The van der Waals surface area contributed by atoms with Crippen molar-refractivity contribution in [2.24, 2.45) is 0 Å². The third kappa shape index (κ3) is 5.63. The number of halogens is 3. The van der Waals surface area contributed by atoms with E-state index in [-0.39, 0.29) is 30.1 Å². The SMILES string of the molecule is CC(C)(C)OCCOC(=O)c1ccc(C(F)(F)F)cc1N. The van der Waals surface area contributed by atoms with E-state index in [1.807, 2.05) is 20.8 Å². The van der Waals surface area contributed by atoms with Crippen LogP contribution in [0.1, 0.15) is 36.7 Å². The summed E-state index contributed by atoms with van der Waals surface area (Å²) >= 11 is 0. The van der Waals surface area contributed by atoms with E-state index >= 15 is 0 Å². The summed E-state index contributed by atoms with van der Waals surface area (Å²) in [6, 6.07) is 2.51. The molecule has 4 nitrogen and oxygen atoms in total. The first kappa shape index (κ1) is 17.3. The van der Waals surface area contributed by atoms with Crippen LogP contribution in [-0.4, -0.2) is 24.8 Å². The Morgan fingerprint density at radius 2 is 1.81 bits per heavy atom. The first-order chi connectivity index (χ1) is 9.50. The molecule has 0 saturated heterocycles. The largest absolute Gasteiger partial charge is 0.460 e. The highest BCUT2D eigenvalue weighted by Gasteiger charge is 2.31. The Morgan fingerprint density at radius 1 is 1.19 bits per heavy atom. The number of nitrogens with two attached hydrogens (primary N) is 1. The van der Waals surface area contributed by atoms with E-state index in [0.717, 1.165) is 12.1 Å². The van der Waals surface area contributed by atoms with Crippen LogP contribution in [-0.2, 0) is 15.7 Å². The summed E-state index contributed by atoms with van der Waals surface area (Å²) in [6.07, 6.45) is -4.50. The zero-order valence-corrected chi connectivity index (χ0v) is 12.1. The van der Waals surface area contributed by atoms with Gasteiger partial charge in [-0.05, 0) is 39.0 Å². The molecule has 21 heavy (non-hydrogen) atoms. The number of anilines is 1. The summed E-state index contributed by atoms with van der Waals surface area (Å²) in [5, 5.41) is 0. The van der Waals surface area contributed by atoms with Crippen molar-refractivity contribution in [1.82, 2.24) is 0 Å². The lowest BCUT2D eigenvalue weighted by atomic mass is 10.1. The van der Waals surface area contributed by atoms with Gasteiger partial charge in [-0.3, -0.25) is 0 Å². The van der Waals surface area contributed by atoms with E-state index in [9.17, 15) is 18.0 Å². The molecule has 2 N–H and O–H groups in total. The fourth-order valence-electron chi connectivity index (χ4n) is 1.48. The van der Waals surface area contributed by atoms with Crippen LogP contribution in [0.3, 0.4) is 0 Å². The van der Waals surface area contributed by atoms with Crippen LogP contribution in [0, 0.1) is 0 Å². The molecule has 0 saturated carbocycles. The number of esters is 1. The molecular formula is C14H18F3NO3. The Kier molecular flexibility index (Phi) is 5.22. The van der Waals surface area contributed by atoms with Gasteiger partial charge >= 0.3 is 12.1 Å². The fraction of sp³-hybridized carbons (Fsp3) is 0.500. The third-order valence-corrected chi connectivity index (χ3v) is 2.45. The summed E-state index contributed by atoms with van der Waals surface area (Å²) in [7, 11) is 0. The van der Waals surface area contributed by atoms with Gasteiger partial charge in [-0.2, -0.15) is 13.2 Å². The Labute approximate surface area is 121 Å². The maximum Gasteiger partial charge on any atom is 0.416 e. The predicted molar refractivity (Wildman–Crippen MR) is 71.8 cm³/mol. The summed E-state index contributed by atoms with van der Waals surface area (Å²) < 4.78 is 47.7. The summed E-state index contributed by atoms with van der Waals surface area (Å²) in [5.74, 6) is -0.779. The maximum absolute atomic E-state index is 12.5. The van der Waals surface area contributed by atoms with Crippen molar-refractivity contribution >= 4 is 11.7 Å². The van der Waals surface area contributed by atoms with Crippen LogP contribution in [0.15, 0.2) is 18.2 Å². The van der Waals surface area contributed by atoms with Crippen LogP contribution < -0.4 is 5.73 Å². The molecule has 0 unspecified atom stereocenters. The Morgan fingerprint density at radius 3 is 2.29 bits per heavy atom. The van der Waals surface area contributed by atoms with Gasteiger partial charge in [0.05, 0.1) is 23.3 Å². The quantitative estimate of drug-likeness (QED) is 0.527. The van der Waals surface area contributed by atoms with Crippen molar-refractivity contribution in [3.05, 3.63) is 29.3 Å². The highest BCUT2D eigenvalue weighted by Crippen LogP contribution is 2.31. The standard InChI is InChI=1S/C14H18F3NO3/c1-13(2,3)21-7-6-20-12(19)10-5-4-9(8-11(10)18)14(15,16)17/h4-5,8H,6-7,18H2,1-3H3. The highest BCUT2D eigenvalue weighted by atomic mass is 19.4. The van der Waals surface area contributed by atoms with Gasteiger partial charge in [-0.25, -0.2) is 4.79 Å². The molecule has 0 aliphatic rings. The number of rotatable bonds is 4. The summed E-state index contributed by atoms with van der Waals surface area (Å²) in [5.41, 5.74) is 3.82. The molecule has 0 spiro atoms. The van der Waals surface area contributed by atoms with Gasteiger partial charge in [0.15, 0.2) is 0 Å². The molecule has 7 heteroatoms. The van der Waals surface area contributed by atoms with Gasteiger partial charge in [0.25, 0.3) is 0 Å². The monoisotopic (exact) mass is 305 g/mol. The minimum absolute atomic E-state index is 0.00341. The van der Waals surface area contributed by atoms with E-state index in [4.69, 9.17) is 15.2 Å². The van der Waals surface area contributed by atoms with Gasteiger partial charge in [0.2, 0.25) is 0 Å². The molecule has 0 aliphatic carbocycles. The molecule has 0 amide bonds. The third-order valence-electron chi connectivity index (χ3n) is 2.45. The first-order valence-electron chi connectivity index (χ1n) is 6.28. The normalized spacial score (nSPS) is 12.3. The van der Waals surface area contributed by atoms with Gasteiger partial charge in [-0.15, -0.1) is 0 Å². The molecule has 1 aromatic rings. The summed E-state index contributed by atoms with van der Waals surface area (Å²) in [6.45, 7) is 5.74.